The zero-order valence-electron chi connectivity index (χ0n) is 18.6. The zero-order chi connectivity index (χ0) is 22.5. The van der Waals surface area contributed by atoms with Crippen molar-refractivity contribution in [2.45, 2.75) is 39.7 Å². The molecule has 0 amide bonds. The third kappa shape index (κ3) is 4.99. The fourth-order valence-electron chi connectivity index (χ4n) is 3.70. The van der Waals surface area contributed by atoms with E-state index in [1.165, 1.54) is 0 Å². The Balaban J connectivity index is 1.45. The molecule has 0 saturated carbocycles. The van der Waals surface area contributed by atoms with Gasteiger partial charge in [-0.3, -0.25) is 4.79 Å². The Bertz CT molecular complexity index is 1190. The van der Waals surface area contributed by atoms with Crippen LogP contribution in [0.2, 0.25) is 0 Å². The van der Waals surface area contributed by atoms with Gasteiger partial charge >= 0.3 is 5.97 Å². The highest BCUT2D eigenvalue weighted by Crippen LogP contribution is 2.32. The van der Waals surface area contributed by atoms with Crippen LogP contribution in [0.15, 0.2) is 53.1 Å². The molecule has 166 valence electrons. The molecule has 0 saturated heterocycles. The summed E-state index contributed by atoms with van der Waals surface area (Å²) in [6.45, 7) is 4.16. The van der Waals surface area contributed by atoms with E-state index in [4.69, 9.17) is 14.0 Å². The second-order valence-electron chi connectivity index (χ2n) is 8.12. The highest BCUT2D eigenvalue weighted by Gasteiger charge is 2.16. The highest BCUT2D eigenvalue weighted by molar-refractivity contribution is 5.91. The number of carbonyl (C=O) groups is 1. The monoisotopic (exact) mass is 433 g/mol. The molecule has 2 aromatic carbocycles. The quantitative estimate of drug-likeness (QED) is 0.369. The molecule has 7 nitrogen and oxygen atoms in total. The number of esters is 1. The molecule has 32 heavy (non-hydrogen) atoms. The van der Waals surface area contributed by atoms with Gasteiger partial charge in [0.25, 0.3) is 5.89 Å². The topological polar surface area (TPSA) is 90.2 Å². The van der Waals surface area contributed by atoms with Crippen LogP contribution in [0.25, 0.3) is 22.2 Å². The number of rotatable bonds is 9. The summed E-state index contributed by atoms with van der Waals surface area (Å²) < 4.78 is 15.8. The Hall–Kier alpha value is -3.61. The van der Waals surface area contributed by atoms with E-state index in [2.05, 4.69) is 35.0 Å². The number of hydrogen-bond donors (Lipinski definition) is 1. The Labute approximate surface area is 186 Å². The zero-order valence-corrected chi connectivity index (χ0v) is 18.6. The number of aromatic nitrogens is 3. The lowest BCUT2D eigenvalue weighted by Gasteiger charge is -2.07. The first-order valence-electron chi connectivity index (χ1n) is 10.7. The summed E-state index contributed by atoms with van der Waals surface area (Å²) in [5.74, 6) is 1.88. The van der Waals surface area contributed by atoms with Gasteiger partial charge in [-0.05, 0) is 53.8 Å². The van der Waals surface area contributed by atoms with Gasteiger partial charge < -0.3 is 19.0 Å². The first-order valence-corrected chi connectivity index (χ1v) is 10.7. The van der Waals surface area contributed by atoms with Crippen molar-refractivity contribution in [3.05, 3.63) is 65.8 Å². The van der Waals surface area contributed by atoms with E-state index in [0.717, 1.165) is 39.9 Å². The molecule has 2 heterocycles. The fourth-order valence-corrected chi connectivity index (χ4v) is 3.70. The minimum Gasteiger partial charge on any atom is -0.497 e. The van der Waals surface area contributed by atoms with E-state index < -0.39 is 0 Å². The summed E-state index contributed by atoms with van der Waals surface area (Å²) in [7, 11) is 1.65. The van der Waals surface area contributed by atoms with E-state index in [1.54, 1.807) is 7.11 Å². The molecule has 0 spiro atoms. The average Bonchev–Trinajstić information content (AvgIpc) is 3.40. The van der Waals surface area contributed by atoms with Gasteiger partial charge in [0.15, 0.2) is 12.4 Å². The van der Waals surface area contributed by atoms with Crippen LogP contribution in [0, 0.1) is 5.92 Å². The predicted octanol–water partition coefficient (Wildman–Crippen LogP) is 5.10. The van der Waals surface area contributed by atoms with Crippen molar-refractivity contribution >= 4 is 16.9 Å². The summed E-state index contributed by atoms with van der Waals surface area (Å²) in [4.78, 5) is 20.2. The summed E-state index contributed by atoms with van der Waals surface area (Å²) >= 11 is 0. The van der Waals surface area contributed by atoms with Crippen LogP contribution in [0.4, 0.5) is 0 Å². The van der Waals surface area contributed by atoms with Gasteiger partial charge in [0, 0.05) is 29.4 Å². The van der Waals surface area contributed by atoms with Crippen molar-refractivity contribution in [3.8, 4) is 17.0 Å². The Morgan fingerprint density at radius 3 is 2.66 bits per heavy atom. The average molecular weight is 434 g/mol. The summed E-state index contributed by atoms with van der Waals surface area (Å²) in [5, 5.41) is 5.02. The van der Waals surface area contributed by atoms with Gasteiger partial charge in [-0.25, -0.2) is 0 Å². The third-order valence-corrected chi connectivity index (χ3v) is 5.23. The van der Waals surface area contributed by atoms with Crippen molar-refractivity contribution in [1.29, 1.82) is 0 Å². The van der Waals surface area contributed by atoms with Gasteiger partial charge in [-0.1, -0.05) is 37.2 Å². The molecule has 0 aliphatic heterocycles. The molecule has 0 bridgehead atoms. The number of fused-ring (bicyclic) bond motifs is 1. The van der Waals surface area contributed by atoms with Crippen molar-refractivity contribution in [2.24, 2.45) is 5.92 Å². The summed E-state index contributed by atoms with van der Waals surface area (Å²) in [6.07, 6.45) is 1.52. The van der Waals surface area contributed by atoms with Crippen LogP contribution in [0.5, 0.6) is 5.75 Å². The van der Waals surface area contributed by atoms with Crippen molar-refractivity contribution < 1.29 is 18.8 Å². The number of nitrogens with one attached hydrogen (secondary N) is 1. The van der Waals surface area contributed by atoms with Crippen LogP contribution in [-0.2, 0) is 29.0 Å². The van der Waals surface area contributed by atoms with Crippen LogP contribution >= 0.6 is 0 Å². The minimum absolute atomic E-state index is 0.0108. The van der Waals surface area contributed by atoms with Crippen LogP contribution in [-0.4, -0.2) is 28.2 Å². The predicted molar refractivity (Wildman–Crippen MR) is 121 cm³/mol. The third-order valence-electron chi connectivity index (χ3n) is 5.23. The number of ether oxygens (including phenoxy) is 2. The van der Waals surface area contributed by atoms with Crippen molar-refractivity contribution in [2.75, 3.05) is 7.11 Å². The molecule has 0 aliphatic carbocycles. The van der Waals surface area contributed by atoms with Gasteiger partial charge in [-0.15, -0.1) is 0 Å². The van der Waals surface area contributed by atoms with E-state index in [1.807, 2.05) is 42.5 Å². The largest absolute Gasteiger partial charge is 0.497 e. The Morgan fingerprint density at radius 2 is 1.91 bits per heavy atom. The lowest BCUT2D eigenvalue weighted by Crippen LogP contribution is -2.06. The van der Waals surface area contributed by atoms with Crippen molar-refractivity contribution in [3.63, 3.8) is 0 Å². The molecule has 7 heteroatoms. The second-order valence-corrected chi connectivity index (χ2v) is 8.12. The number of methoxy groups -OCH3 is 1. The van der Waals surface area contributed by atoms with Gasteiger partial charge in [0.05, 0.1) is 7.11 Å². The van der Waals surface area contributed by atoms with E-state index in [-0.39, 0.29) is 19.0 Å². The maximum atomic E-state index is 12.4. The maximum absolute atomic E-state index is 12.4. The lowest BCUT2D eigenvalue weighted by molar-refractivity contribution is -0.145. The summed E-state index contributed by atoms with van der Waals surface area (Å²) in [5.41, 5.74) is 4.15. The Morgan fingerprint density at radius 1 is 1.12 bits per heavy atom. The number of benzene rings is 2. The SMILES string of the molecule is COc1ccc(-c2[nH]c3ccccc3c2CCC(=O)OCc2nc(CC(C)C)no2)cc1. The minimum atomic E-state index is -0.306. The number of nitrogens with zero attached hydrogens (tertiary/aromatic N) is 2. The molecular weight excluding hydrogens is 406 g/mol. The highest BCUT2D eigenvalue weighted by atomic mass is 16.6. The van der Waals surface area contributed by atoms with Gasteiger partial charge in [-0.2, -0.15) is 4.98 Å². The molecule has 0 atom stereocenters. The number of para-hydroxylation sites is 1. The molecule has 4 rings (SSSR count). The number of H-pyrrole nitrogens is 1. The maximum Gasteiger partial charge on any atom is 0.306 e. The standard InChI is InChI=1S/C25H27N3O4/c1-16(2)14-22-27-23(32-28-22)15-31-24(29)13-12-20-19-6-4-5-7-21(19)26-25(20)17-8-10-18(30-3)11-9-17/h4-11,16,26H,12-15H2,1-3H3. The van der Waals surface area contributed by atoms with E-state index in [0.29, 0.717) is 24.1 Å². The van der Waals surface area contributed by atoms with Crippen molar-refractivity contribution in [1.82, 2.24) is 15.1 Å². The molecule has 1 N–H and O–H groups in total. The molecule has 0 unspecified atom stereocenters. The normalized spacial score (nSPS) is 11.2. The van der Waals surface area contributed by atoms with E-state index in [9.17, 15) is 4.79 Å². The first kappa shape index (κ1) is 21.6. The summed E-state index contributed by atoms with van der Waals surface area (Å²) in [6, 6.07) is 16.0. The molecule has 0 aliphatic rings. The van der Waals surface area contributed by atoms with E-state index >= 15 is 0 Å². The molecule has 4 aromatic rings. The molecular formula is C25H27N3O4. The number of carbonyl (C=O) groups excluding carboxylic acids is 1. The first-order chi connectivity index (χ1) is 15.5. The lowest BCUT2D eigenvalue weighted by atomic mass is 10.0. The molecule has 0 radical (unpaired) electrons. The number of hydrogen-bond acceptors (Lipinski definition) is 6. The fraction of sp³-hybridized carbons (Fsp3) is 0.320. The number of aryl methyl sites for hydroxylation is 1. The molecule has 0 fully saturated rings. The van der Waals surface area contributed by atoms with Crippen LogP contribution in [0.1, 0.15) is 37.5 Å². The second kappa shape index (κ2) is 9.68. The van der Waals surface area contributed by atoms with Crippen LogP contribution < -0.4 is 4.74 Å². The van der Waals surface area contributed by atoms with Gasteiger partial charge in [0.2, 0.25) is 0 Å². The smallest absolute Gasteiger partial charge is 0.306 e. The molecule has 2 aromatic heterocycles. The van der Waals surface area contributed by atoms with Crippen LogP contribution in [0.3, 0.4) is 0 Å². The number of aromatic amines is 1. The van der Waals surface area contributed by atoms with Gasteiger partial charge in [0.1, 0.15) is 5.75 Å². The Kier molecular flexibility index (Phi) is 6.54.